The van der Waals surface area contributed by atoms with Crippen molar-refractivity contribution in [2.24, 2.45) is 29.6 Å². The third-order valence-corrected chi connectivity index (χ3v) is 5.39. The van der Waals surface area contributed by atoms with Crippen LogP contribution in [0.2, 0.25) is 0 Å². The zero-order valence-corrected chi connectivity index (χ0v) is 14.1. The monoisotopic (exact) mass is 254 g/mol. The maximum atomic E-state index is 2.45. The van der Waals surface area contributed by atoms with Gasteiger partial charge in [-0.2, -0.15) is 0 Å². The highest BCUT2D eigenvalue weighted by Gasteiger charge is 2.17. The number of hydrogen-bond donors (Lipinski definition) is 0. The molecule has 0 aliphatic heterocycles. The highest BCUT2D eigenvalue weighted by Crippen LogP contribution is 2.28. The molecule has 110 valence electrons. The van der Waals surface area contributed by atoms with Gasteiger partial charge in [-0.15, -0.1) is 0 Å². The second-order valence-electron chi connectivity index (χ2n) is 6.92. The Labute approximate surface area is 117 Å². The van der Waals surface area contributed by atoms with Gasteiger partial charge in [0.1, 0.15) is 0 Å². The minimum absolute atomic E-state index is 0.867. The minimum Gasteiger partial charge on any atom is -0.0651 e. The van der Waals surface area contributed by atoms with E-state index in [1.807, 2.05) is 0 Å². The lowest BCUT2D eigenvalue weighted by Gasteiger charge is -2.25. The average Bonchev–Trinajstić information content (AvgIpc) is 2.36. The van der Waals surface area contributed by atoms with Crippen molar-refractivity contribution in [1.82, 2.24) is 0 Å². The van der Waals surface area contributed by atoms with Crippen molar-refractivity contribution in [3.8, 4) is 0 Å². The summed E-state index contributed by atoms with van der Waals surface area (Å²) >= 11 is 0. The van der Waals surface area contributed by atoms with E-state index < -0.39 is 0 Å². The average molecular weight is 255 g/mol. The standard InChI is InChI=1S/C18H38/c1-8-15(5)17(7)16(6)12-10-11-13-18(9-2)14(3)4/h14-18H,8-13H2,1-7H3. The van der Waals surface area contributed by atoms with E-state index in [0.717, 1.165) is 29.6 Å². The second kappa shape index (κ2) is 9.87. The van der Waals surface area contributed by atoms with Crippen LogP contribution in [0.4, 0.5) is 0 Å². The highest BCUT2D eigenvalue weighted by molar-refractivity contribution is 4.68. The fourth-order valence-corrected chi connectivity index (χ4v) is 3.08. The van der Waals surface area contributed by atoms with Gasteiger partial charge in [-0.25, -0.2) is 0 Å². The van der Waals surface area contributed by atoms with E-state index >= 15 is 0 Å². The van der Waals surface area contributed by atoms with Gasteiger partial charge in [-0.1, -0.05) is 87.0 Å². The van der Waals surface area contributed by atoms with Gasteiger partial charge in [-0.3, -0.25) is 0 Å². The van der Waals surface area contributed by atoms with Crippen molar-refractivity contribution in [3.63, 3.8) is 0 Å². The normalized spacial score (nSPS) is 18.7. The van der Waals surface area contributed by atoms with Crippen LogP contribution in [-0.2, 0) is 0 Å². The molecular formula is C18H38. The lowest BCUT2D eigenvalue weighted by molar-refractivity contribution is 0.250. The quantitative estimate of drug-likeness (QED) is 0.388. The minimum atomic E-state index is 0.867. The van der Waals surface area contributed by atoms with Crippen LogP contribution in [0.1, 0.15) is 87.0 Å². The summed E-state index contributed by atoms with van der Waals surface area (Å²) in [5.41, 5.74) is 0. The van der Waals surface area contributed by atoms with E-state index in [9.17, 15) is 0 Å². The summed E-state index contributed by atoms with van der Waals surface area (Å²) in [7, 11) is 0. The third kappa shape index (κ3) is 6.81. The molecule has 0 bridgehead atoms. The molecule has 0 heteroatoms. The van der Waals surface area contributed by atoms with E-state index in [-0.39, 0.29) is 0 Å². The first-order valence-corrected chi connectivity index (χ1v) is 8.43. The predicted molar refractivity (Wildman–Crippen MR) is 84.9 cm³/mol. The Balaban J connectivity index is 3.77. The summed E-state index contributed by atoms with van der Waals surface area (Å²) in [6, 6.07) is 0. The summed E-state index contributed by atoms with van der Waals surface area (Å²) in [5, 5.41) is 0. The number of rotatable bonds is 10. The largest absolute Gasteiger partial charge is 0.0651 e. The fraction of sp³-hybridized carbons (Fsp3) is 1.00. The lowest BCUT2D eigenvalue weighted by atomic mass is 9.80. The summed E-state index contributed by atoms with van der Waals surface area (Å²) in [4.78, 5) is 0. The van der Waals surface area contributed by atoms with Crippen molar-refractivity contribution in [3.05, 3.63) is 0 Å². The molecule has 4 atom stereocenters. The Hall–Kier alpha value is 0. The first-order valence-electron chi connectivity index (χ1n) is 8.43. The SMILES string of the molecule is CCC(C)C(C)C(C)CCCCC(CC)C(C)C. The molecule has 0 aliphatic rings. The van der Waals surface area contributed by atoms with E-state index in [0.29, 0.717) is 0 Å². The van der Waals surface area contributed by atoms with Crippen molar-refractivity contribution < 1.29 is 0 Å². The zero-order valence-electron chi connectivity index (χ0n) is 14.1. The van der Waals surface area contributed by atoms with E-state index in [1.165, 1.54) is 38.5 Å². The molecule has 0 aromatic rings. The van der Waals surface area contributed by atoms with Crippen LogP contribution in [0.15, 0.2) is 0 Å². The number of unbranched alkanes of at least 4 members (excludes halogenated alkanes) is 1. The van der Waals surface area contributed by atoms with Gasteiger partial charge in [0, 0.05) is 0 Å². The molecule has 0 rings (SSSR count). The van der Waals surface area contributed by atoms with Crippen LogP contribution in [0, 0.1) is 29.6 Å². The molecule has 0 heterocycles. The van der Waals surface area contributed by atoms with Gasteiger partial charge in [0.05, 0.1) is 0 Å². The smallest absolute Gasteiger partial charge is 0.0391 e. The Kier molecular flexibility index (Phi) is 9.87. The molecule has 0 aromatic carbocycles. The zero-order chi connectivity index (χ0) is 14.1. The lowest BCUT2D eigenvalue weighted by Crippen LogP contribution is -2.16. The van der Waals surface area contributed by atoms with Crippen LogP contribution < -0.4 is 0 Å². The van der Waals surface area contributed by atoms with Gasteiger partial charge >= 0.3 is 0 Å². The molecule has 0 amide bonds. The van der Waals surface area contributed by atoms with Crippen LogP contribution in [-0.4, -0.2) is 0 Å². The van der Waals surface area contributed by atoms with Crippen molar-refractivity contribution >= 4 is 0 Å². The Morgan fingerprint density at radius 3 is 1.67 bits per heavy atom. The highest BCUT2D eigenvalue weighted by atomic mass is 14.2. The molecule has 18 heavy (non-hydrogen) atoms. The molecule has 0 saturated carbocycles. The first-order chi connectivity index (χ1) is 8.43. The predicted octanol–water partition coefficient (Wildman–Crippen LogP) is 6.55. The third-order valence-electron chi connectivity index (χ3n) is 5.39. The second-order valence-corrected chi connectivity index (χ2v) is 6.92. The molecular weight excluding hydrogens is 216 g/mol. The summed E-state index contributed by atoms with van der Waals surface area (Å²) in [6.07, 6.45) is 8.44. The Morgan fingerprint density at radius 1 is 0.667 bits per heavy atom. The van der Waals surface area contributed by atoms with Crippen LogP contribution in [0.25, 0.3) is 0 Å². The van der Waals surface area contributed by atoms with Gasteiger partial charge in [-0.05, 0) is 29.6 Å². The molecule has 0 nitrogen and oxygen atoms in total. The van der Waals surface area contributed by atoms with Gasteiger partial charge in [0.25, 0.3) is 0 Å². The first kappa shape index (κ1) is 18.0. The molecule has 0 saturated heterocycles. The molecule has 0 radical (unpaired) electrons. The Bertz CT molecular complexity index is 182. The van der Waals surface area contributed by atoms with Crippen LogP contribution >= 0.6 is 0 Å². The van der Waals surface area contributed by atoms with E-state index in [4.69, 9.17) is 0 Å². The molecule has 0 fully saturated rings. The summed E-state index contributed by atoms with van der Waals surface area (Å²) < 4.78 is 0. The van der Waals surface area contributed by atoms with Gasteiger partial charge in [0.15, 0.2) is 0 Å². The van der Waals surface area contributed by atoms with E-state index in [1.54, 1.807) is 0 Å². The van der Waals surface area contributed by atoms with Crippen molar-refractivity contribution in [2.45, 2.75) is 87.0 Å². The fourth-order valence-electron chi connectivity index (χ4n) is 3.08. The molecule has 0 aromatic heterocycles. The van der Waals surface area contributed by atoms with E-state index in [2.05, 4.69) is 48.5 Å². The van der Waals surface area contributed by atoms with Crippen molar-refractivity contribution in [1.29, 1.82) is 0 Å². The molecule has 4 unspecified atom stereocenters. The Morgan fingerprint density at radius 2 is 1.22 bits per heavy atom. The maximum absolute atomic E-state index is 2.45. The molecule has 0 N–H and O–H groups in total. The van der Waals surface area contributed by atoms with Crippen molar-refractivity contribution in [2.75, 3.05) is 0 Å². The van der Waals surface area contributed by atoms with Gasteiger partial charge in [0.2, 0.25) is 0 Å². The summed E-state index contributed by atoms with van der Waals surface area (Å²) in [5.74, 6) is 4.50. The molecule has 0 spiro atoms. The maximum Gasteiger partial charge on any atom is -0.0391 e. The molecule has 0 aliphatic carbocycles. The van der Waals surface area contributed by atoms with Crippen LogP contribution in [0.3, 0.4) is 0 Å². The van der Waals surface area contributed by atoms with Gasteiger partial charge < -0.3 is 0 Å². The topological polar surface area (TPSA) is 0 Å². The summed E-state index contributed by atoms with van der Waals surface area (Å²) in [6.45, 7) is 16.7. The number of hydrogen-bond acceptors (Lipinski definition) is 0. The van der Waals surface area contributed by atoms with Crippen LogP contribution in [0.5, 0.6) is 0 Å².